The van der Waals surface area contributed by atoms with Gasteiger partial charge in [-0.1, -0.05) is 106 Å². The second-order valence-electron chi connectivity index (χ2n) is 14.2. The van der Waals surface area contributed by atoms with Crippen molar-refractivity contribution in [2.45, 2.75) is 82.8 Å². The Morgan fingerprint density at radius 2 is 1.36 bits per heavy atom. The van der Waals surface area contributed by atoms with Crippen LogP contribution in [0.4, 0.5) is 22.7 Å². The van der Waals surface area contributed by atoms with Gasteiger partial charge in [-0.15, -0.1) is 0 Å². The highest BCUT2D eigenvalue weighted by Crippen LogP contribution is 2.51. The lowest BCUT2D eigenvalue weighted by molar-refractivity contribution is 0.401. The van der Waals surface area contributed by atoms with Crippen molar-refractivity contribution >= 4 is 44.6 Å². The van der Waals surface area contributed by atoms with Crippen LogP contribution >= 0.6 is 0 Å². The molecule has 2 aliphatic heterocycles. The van der Waals surface area contributed by atoms with Crippen molar-refractivity contribution in [3.8, 4) is 0 Å². The largest absolute Gasteiger partial charge is 0.340 e. The number of allylic oxidation sites excluding steroid dienone is 3. The van der Waals surface area contributed by atoms with Crippen LogP contribution in [0.1, 0.15) is 75.3 Å². The Kier molecular flexibility index (Phi) is 7.10. The Morgan fingerprint density at radius 1 is 0.702 bits per heavy atom. The maximum absolute atomic E-state index is 2.65. The molecule has 4 aliphatic rings. The van der Waals surface area contributed by atoms with Gasteiger partial charge in [0.2, 0.25) is 0 Å². The molecule has 4 aromatic carbocycles. The minimum absolute atomic E-state index is 0.299. The minimum atomic E-state index is 0.299. The minimum Gasteiger partial charge on any atom is -0.340 e. The van der Waals surface area contributed by atoms with Gasteiger partial charge in [0.05, 0.1) is 12.1 Å². The standard InChI is InChI=1S/C44H45N3/c1-3-5-14-30(4-2)29-45-39-25-23-31(46-41-19-10-6-15-33(41)34-16-7-11-20-42(34)46)27-37(39)38-28-32(24-26-40(38)45)47-43-21-12-8-17-35(43)36-18-9-13-22-44(36)47/h6-8,10-13,15-17,19-28,30,33,36,41,44H,3-5,9,14,18,29H2,1-2H3. The second kappa shape index (κ2) is 11.6. The van der Waals surface area contributed by atoms with Gasteiger partial charge in [-0.25, -0.2) is 0 Å². The van der Waals surface area contributed by atoms with E-state index in [1.54, 1.807) is 0 Å². The molecule has 2 aliphatic carbocycles. The lowest BCUT2D eigenvalue weighted by Crippen LogP contribution is -2.29. The predicted octanol–water partition coefficient (Wildman–Crippen LogP) is 11.7. The van der Waals surface area contributed by atoms with Crippen LogP contribution in [0.15, 0.2) is 121 Å². The van der Waals surface area contributed by atoms with E-state index >= 15 is 0 Å². The van der Waals surface area contributed by atoms with E-state index < -0.39 is 0 Å². The fourth-order valence-electron chi connectivity index (χ4n) is 9.26. The van der Waals surface area contributed by atoms with Crippen LogP contribution in [0.5, 0.6) is 0 Å². The molecule has 5 atom stereocenters. The van der Waals surface area contributed by atoms with Crippen LogP contribution in [-0.2, 0) is 6.54 Å². The van der Waals surface area contributed by atoms with Crippen molar-refractivity contribution in [3.05, 3.63) is 133 Å². The highest BCUT2D eigenvalue weighted by Gasteiger charge is 2.39. The first-order valence-corrected chi connectivity index (χ1v) is 18.1. The summed E-state index contributed by atoms with van der Waals surface area (Å²) in [6.07, 6.45) is 21.5. The number of benzene rings is 4. The van der Waals surface area contributed by atoms with Crippen molar-refractivity contribution in [2.24, 2.45) is 5.92 Å². The Labute approximate surface area is 279 Å². The molecule has 5 unspecified atom stereocenters. The molecule has 236 valence electrons. The quantitative estimate of drug-likeness (QED) is 0.161. The molecular formula is C44H45N3. The van der Waals surface area contributed by atoms with Crippen molar-refractivity contribution in [2.75, 3.05) is 9.80 Å². The van der Waals surface area contributed by atoms with E-state index in [9.17, 15) is 0 Å². The lowest BCUT2D eigenvalue weighted by atomic mass is 9.86. The molecule has 0 N–H and O–H groups in total. The average Bonchev–Trinajstić information content (AvgIpc) is 3.75. The molecule has 0 radical (unpaired) electrons. The van der Waals surface area contributed by atoms with Gasteiger partial charge in [0.25, 0.3) is 0 Å². The molecule has 0 amide bonds. The summed E-state index contributed by atoms with van der Waals surface area (Å²) in [4.78, 5) is 5.20. The topological polar surface area (TPSA) is 11.4 Å². The first-order chi connectivity index (χ1) is 23.2. The van der Waals surface area contributed by atoms with Gasteiger partial charge < -0.3 is 14.4 Å². The number of fused-ring (bicyclic) bond motifs is 9. The average molecular weight is 616 g/mol. The molecule has 3 heteroatoms. The molecule has 0 saturated heterocycles. The van der Waals surface area contributed by atoms with Crippen molar-refractivity contribution in [3.63, 3.8) is 0 Å². The lowest BCUT2D eigenvalue weighted by Gasteiger charge is -2.30. The van der Waals surface area contributed by atoms with Gasteiger partial charge in [-0.2, -0.15) is 0 Å². The summed E-state index contributed by atoms with van der Waals surface area (Å²) >= 11 is 0. The summed E-state index contributed by atoms with van der Waals surface area (Å²) in [5.41, 5.74) is 10.9. The molecular weight excluding hydrogens is 571 g/mol. The SMILES string of the molecule is CCCCC(CC)Cn1c2ccc(N3c4ccccc4C4C=CC=CC43)cc2c2cc(N3c4ccccc4C4CCC=CC43)ccc21. The molecule has 0 bridgehead atoms. The molecule has 9 rings (SSSR count). The Bertz CT molecular complexity index is 2000. The summed E-state index contributed by atoms with van der Waals surface area (Å²) in [6, 6.07) is 33.4. The number of aromatic nitrogens is 1. The van der Waals surface area contributed by atoms with Crippen LogP contribution in [0.25, 0.3) is 21.8 Å². The monoisotopic (exact) mass is 615 g/mol. The van der Waals surface area contributed by atoms with E-state index in [0.29, 0.717) is 29.8 Å². The van der Waals surface area contributed by atoms with Crippen LogP contribution in [-0.4, -0.2) is 16.7 Å². The van der Waals surface area contributed by atoms with Gasteiger partial charge >= 0.3 is 0 Å². The smallest absolute Gasteiger partial charge is 0.0629 e. The van der Waals surface area contributed by atoms with Crippen LogP contribution in [0, 0.1) is 5.92 Å². The number of rotatable bonds is 8. The maximum Gasteiger partial charge on any atom is 0.0629 e. The normalized spacial score (nSPS) is 22.9. The molecule has 3 nitrogen and oxygen atoms in total. The third kappa shape index (κ3) is 4.53. The van der Waals surface area contributed by atoms with Gasteiger partial charge in [0.15, 0.2) is 0 Å². The number of anilines is 4. The van der Waals surface area contributed by atoms with Crippen LogP contribution < -0.4 is 9.80 Å². The van der Waals surface area contributed by atoms with Crippen molar-refractivity contribution in [1.29, 1.82) is 0 Å². The Balaban J connectivity index is 1.22. The van der Waals surface area contributed by atoms with Gasteiger partial charge in [-0.05, 0) is 84.8 Å². The van der Waals surface area contributed by atoms with E-state index in [1.165, 1.54) is 94.2 Å². The molecule has 0 spiro atoms. The highest BCUT2D eigenvalue weighted by molar-refractivity contribution is 6.10. The third-order valence-electron chi connectivity index (χ3n) is 11.6. The van der Waals surface area contributed by atoms with Crippen molar-refractivity contribution < 1.29 is 0 Å². The van der Waals surface area contributed by atoms with E-state index in [0.717, 1.165) is 6.54 Å². The van der Waals surface area contributed by atoms with Gasteiger partial charge in [0, 0.05) is 62.9 Å². The molecule has 47 heavy (non-hydrogen) atoms. The van der Waals surface area contributed by atoms with E-state index in [-0.39, 0.29) is 0 Å². The molecule has 0 fully saturated rings. The number of para-hydroxylation sites is 2. The number of nitrogens with zero attached hydrogens (tertiary/aromatic N) is 3. The zero-order valence-electron chi connectivity index (χ0n) is 27.7. The Morgan fingerprint density at radius 3 is 2.09 bits per heavy atom. The molecule has 0 saturated carbocycles. The highest BCUT2D eigenvalue weighted by atomic mass is 15.2. The van der Waals surface area contributed by atoms with E-state index in [4.69, 9.17) is 0 Å². The van der Waals surface area contributed by atoms with Gasteiger partial charge in [0.1, 0.15) is 0 Å². The van der Waals surface area contributed by atoms with Crippen LogP contribution in [0.2, 0.25) is 0 Å². The third-order valence-corrected chi connectivity index (χ3v) is 11.6. The van der Waals surface area contributed by atoms with E-state index in [1.807, 2.05) is 0 Å². The number of hydrogen-bond acceptors (Lipinski definition) is 2. The van der Waals surface area contributed by atoms with Gasteiger partial charge in [-0.3, -0.25) is 0 Å². The van der Waals surface area contributed by atoms with Crippen molar-refractivity contribution in [1.82, 2.24) is 4.57 Å². The maximum atomic E-state index is 2.65. The number of hydrogen-bond donors (Lipinski definition) is 0. The summed E-state index contributed by atoms with van der Waals surface area (Å²) in [5, 5.41) is 2.73. The fourth-order valence-corrected chi connectivity index (χ4v) is 9.26. The summed E-state index contributed by atoms with van der Waals surface area (Å²) in [6.45, 7) is 5.76. The van der Waals surface area contributed by atoms with Crippen LogP contribution in [0.3, 0.4) is 0 Å². The summed E-state index contributed by atoms with van der Waals surface area (Å²) in [7, 11) is 0. The molecule has 1 aromatic heterocycles. The Hall–Kier alpha value is -4.50. The fraction of sp³-hybridized carbons (Fsp3) is 0.318. The predicted molar refractivity (Wildman–Crippen MR) is 200 cm³/mol. The molecule has 3 heterocycles. The zero-order chi connectivity index (χ0) is 31.5. The summed E-state index contributed by atoms with van der Waals surface area (Å²) < 4.78 is 2.65. The zero-order valence-corrected chi connectivity index (χ0v) is 27.7. The first-order valence-electron chi connectivity index (χ1n) is 18.1. The molecule has 5 aromatic rings. The van der Waals surface area contributed by atoms with E-state index in [2.05, 4.69) is 150 Å². The summed E-state index contributed by atoms with van der Waals surface area (Å²) in [5.74, 6) is 1.62. The second-order valence-corrected chi connectivity index (χ2v) is 14.2. The first kappa shape index (κ1) is 28.7. The number of unbranched alkanes of at least 4 members (excludes halogenated alkanes) is 1.